The fourth-order valence-electron chi connectivity index (χ4n) is 4.19. The number of fused-ring (bicyclic) bond motifs is 2. The Hall–Kier alpha value is -3.49. The number of aromatic amines is 1. The fraction of sp³-hybridized carbons (Fsp3) is 0.300. The number of H-pyrrole nitrogens is 1. The molecule has 0 unspecified atom stereocenters. The lowest BCUT2D eigenvalue weighted by atomic mass is 9.74. The van der Waals surface area contributed by atoms with Crippen LogP contribution in [0.1, 0.15) is 26.7 Å². The minimum atomic E-state index is -0.381. The summed E-state index contributed by atoms with van der Waals surface area (Å²) in [6, 6.07) is 1.67. The van der Waals surface area contributed by atoms with E-state index in [0.717, 1.165) is 23.8 Å². The smallest absolute Gasteiger partial charge is 0.224 e. The molecule has 4 aromatic rings. The zero-order chi connectivity index (χ0) is 20.2. The van der Waals surface area contributed by atoms with Crippen molar-refractivity contribution in [1.82, 2.24) is 29.7 Å². The first-order chi connectivity index (χ1) is 13.9. The van der Waals surface area contributed by atoms with E-state index in [4.69, 9.17) is 0 Å². The van der Waals surface area contributed by atoms with Crippen LogP contribution >= 0.6 is 0 Å². The average molecular weight is 393 g/mol. The molecule has 29 heavy (non-hydrogen) atoms. The number of halogens is 1. The Balaban J connectivity index is 1.38. The third-order valence-corrected chi connectivity index (χ3v) is 5.39. The zero-order valence-electron chi connectivity index (χ0n) is 16.0. The molecule has 0 radical (unpaired) electrons. The van der Waals surface area contributed by atoms with Crippen LogP contribution in [0.15, 0.2) is 37.1 Å². The van der Waals surface area contributed by atoms with E-state index in [9.17, 15) is 9.18 Å². The highest BCUT2D eigenvalue weighted by Gasteiger charge is 2.41. The molecule has 1 fully saturated rings. The second-order valence-corrected chi connectivity index (χ2v) is 7.88. The summed E-state index contributed by atoms with van der Waals surface area (Å²) in [4.78, 5) is 27.4. The number of carbonyl (C=O) groups excluding carboxylic acids is 1. The normalized spacial score (nSPS) is 21.3. The standard InChI is InChI=1S/C20H20FN7O/c1-11(29)27-20(2)6-13(7-20)25-19-24-9-15-14(8-23-17(15)26-19)12-5-16(21)18-22-3-4-28(18)10-12/h3-5,8-10,13H,6-7H2,1-2H3,(H,27,29)(H2,23,24,25,26)/t13-,20+. The van der Waals surface area contributed by atoms with Crippen LogP contribution in [0.25, 0.3) is 27.8 Å². The highest BCUT2D eigenvalue weighted by atomic mass is 19.1. The van der Waals surface area contributed by atoms with Crippen molar-refractivity contribution >= 4 is 28.5 Å². The van der Waals surface area contributed by atoms with Crippen LogP contribution in [0.5, 0.6) is 0 Å². The number of rotatable bonds is 4. The lowest BCUT2D eigenvalue weighted by molar-refractivity contribution is -0.121. The number of anilines is 1. The zero-order valence-corrected chi connectivity index (χ0v) is 16.0. The van der Waals surface area contributed by atoms with Crippen LogP contribution in [-0.2, 0) is 4.79 Å². The van der Waals surface area contributed by atoms with Gasteiger partial charge in [0.1, 0.15) is 5.65 Å². The van der Waals surface area contributed by atoms with Gasteiger partial charge in [0.25, 0.3) is 0 Å². The van der Waals surface area contributed by atoms with Crippen molar-refractivity contribution in [3.8, 4) is 11.1 Å². The third kappa shape index (κ3) is 3.08. The lowest BCUT2D eigenvalue weighted by Gasteiger charge is -2.45. The van der Waals surface area contributed by atoms with Crippen LogP contribution in [0, 0.1) is 5.82 Å². The van der Waals surface area contributed by atoms with Crippen LogP contribution in [0.3, 0.4) is 0 Å². The molecule has 8 nitrogen and oxygen atoms in total. The number of nitrogens with zero attached hydrogens (tertiary/aromatic N) is 4. The van der Waals surface area contributed by atoms with Crippen molar-refractivity contribution in [3.05, 3.63) is 42.9 Å². The molecule has 0 aromatic carbocycles. The van der Waals surface area contributed by atoms with Gasteiger partial charge in [-0.2, -0.15) is 4.98 Å². The van der Waals surface area contributed by atoms with Gasteiger partial charge in [-0.25, -0.2) is 14.4 Å². The first-order valence-electron chi connectivity index (χ1n) is 9.42. The maximum Gasteiger partial charge on any atom is 0.224 e. The molecule has 0 saturated heterocycles. The van der Waals surface area contributed by atoms with E-state index in [2.05, 4.69) is 30.6 Å². The summed E-state index contributed by atoms with van der Waals surface area (Å²) in [6.45, 7) is 3.56. The molecule has 0 aliphatic heterocycles. The SMILES string of the molecule is CC(=O)N[C@]1(C)C[C@H](Nc2ncc3c(-c4cc(F)c5nccn5c4)c[nH]c3n2)C1. The number of carbonyl (C=O) groups is 1. The number of nitrogens with one attached hydrogen (secondary N) is 3. The van der Waals surface area contributed by atoms with Gasteiger partial charge in [-0.15, -0.1) is 0 Å². The monoisotopic (exact) mass is 393 g/mol. The van der Waals surface area contributed by atoms with Gasteiger partial charge in [0, 0.05) is 66.0 Å². The Bertz CT molecular complexity index is 1240. The summed E-state index contributed by atoms with van der Waals surface area (Å²) in [5.74, 6) is 0.123. The van der Waals surface area contributed by atoms with Gasteiger partial charge >= 0.3 is 0 Å². The Morgan fingerprint density at radius 3 is 3.00 bits per heavy atom. The summed E-state index contributed by atoms with van der Waals surface area (Å²) >= 11 is 0. The topological polar surface area (TPSA) is 100 Å². The van der Waals surface area contributed by atoms with Gasteiger partial charge in [0.15, 0.2) is 11.5 Å². The second kappa shape index (κ2) is 6.26. The van der Waals surface area contributed by atoms with Crippen molar-refractivity contribution in [3.63, 3.8) is 0 Å². The van der Waals surface area contributed by atoms with E-state index in [1.165, 1.54) is 13.0 Å². The second-order valence-electron chi connectivity index (χ2n) is 7.88. The molecule has 1 amide bonds. The van der Waals surface area contributed by atoms with Crippen LogP contribution in [-0.4, -0.2) is 41.8 Å². The molecule has 5 rings (SSSR count). The maximum atomic E-state index is 14.3. The molecule has 0 bridgehead atoms. The first kappa shape index (κ1) is 17.6. The van der Waals surface area contributed by atoms with Gasteiger partial charge in [-0.05, 0) is 25.8 Å². The van der Waals surface area contributed by atoms with Crippen LogP contribution in [0.4, 0.5) is 10.3 Å². The van der Waals surface area contributed by atoms with Gasteiger partial charge in [0.05, 0.1) is 0 Å². The van der Waals surface area contributed by atoms with Crippen molar-refractivity contribution in [2.75, 3.05) is 5.32 Å². The Morgan fingerprint density at radius 2 is 2.21 bits per heavy atom. The molecule has 4 aromatic heterocycles. The fourth-order valence-corrected chi connectivity index (χ4v) is 4.19. The maximum absolute atomic E-state index is 14.3. The van der Waals surface area contributed by atoms with Gasteiger partial charge in [-0.3, -0.25) is 4.79 Å². The Kier molecular flexibility index (Phi) is 3.80. The number of hydrogen-bond acceptors (Lipinski definition) is 5. The highest BCUT2D eigenvalue weighted by molar-refractivity contribution is 5.93. The molecule has 9 heteroatoms. The Labute approximate surface area is 165 Å². The highest BCUT2D eigenvalue weighted by Crippen LogP contribution is 2.34. The molecular weight excluding hydrogens is 373 g/mol. The van der Waals surface area contributed by atoms with Crippen molar-refractivity contribution in [1.29, 1.82) is 0 Å². The van der Waals surface area contributed by atoms with Crippen LogP contribution in [0.2, 0.25) is 0 Å². The molecule has 148 valence electrons. The minimum Gasteiger partial charge on any atom is -0.351 e. The van der Waals surface area contributed by atoms with Crippen molar-refractivity contribution in [2.45, 2.75) is 38.3 Å². The Morgan fingerprint density at radius 1 is 1.38 bits per heavy atom. The molecule has 1 aliphatic rings. The van der Waals surface area contributed by atoms with E-state index in [0.29, 0.717) is 22.8 Å². The molecule has 3 N–H and O–H groups in total. The van der Waals surface area contributed by atoms with Crippen LogP contribution < -0.4 is 10.6 Å². The van der Waals surface area contributed by atoms with E-state index in [1.807, 2.05) is 13.1 Å². The average Bonchev–Trinajstić information content (AvgIpc) is 3.26. The molecule has 0 spiro atoms. The van der Waals surface area contributed by atoms with E-state index in [-0.39, 0.29) is 23.3 Å². The quantitative estimate of drug-likeness (QED) is 0.495. The minimum absolute atomic E-state index is 0.0205. The number of pyridine rings is 1. The summed E-state index contributed by atoms with van der Waals surface area (Å²) in [5.41, 5.74) is 2.33. The van der Waals surface area contributed by atoms with Crippen molar-refractivity contribution < 1.29 is 9.18 Å². The lowest BCUT2D eigenvalue weighted by Crippen LogP contribution is -2.59. The molecule has 4 heterocycles. The summed E-state index contributed by atoms with van der Waals surface area (Å²) < 4.78 is 16.0. The third-order valence-electron chi connectivity index (χ3n) is 5.39. The predicted octanol–water partition coefficient (Wildman–Crippen LogP) is 2.88. The van der Waals surface area contributed by atoms with E-state index >= 15 is 0 Å². The summed E-state index contributed by atoms with van der Waals surface area (Å²) in [5, 5.41) is 7.10. The summed E-state index contributed by atoms with van der Waals surface area (Å²) in [7, 11) is 0. The van der Waals surface area contributed by atoms with Gasteiger partial charge < -0.3 is 20.0 Å². The number of amides is 1. The molecule has 0 atom stereocenters. The van der Waals surface area contributed by atoms with Crippen molar-refractivity contribution in [2.24, 2.45) is 0 Å². The van der Waals surface area contributed by atoms with E-state index in [1.54, 1.807) is 29.2 Å². The number of imidazole rings is 1. The molecular formula is C20H20FN7O. The number of hydrogen-bond donors (Lipinski definition) is 3. The summed E-state index contributed by atoms with van der Waals surface area (Å²) in [6.07, 6.45) is 10.3. The first-order valence-corrected chi connectivity index (χ1v) is 9.42. The predicted molar refractivity (Wildman–Crippen MR) is 107 cm³/mol. The molecule has 1 aliphatic carbocycles. The largest absolute Gasteiger partial charge is 0.351 e. The van der Waals surface area contributed by atoms with Gasteiger partial charge in [0.2, 0.25) is 11.9 Å². The van der Waals surface area contributed by atoms with Gasteiger partial charge in [-0.1, -0.05) is 0 Å². The van der Waals surface area contributed by atoms with E-state index < -0.39 is 0 Å². The number of aromatic nitrogens is 5. The molecule has 1 saturated carbocycles.